The van der Waals surface area contributed by atoms with Crippen LogP contribution < -0.4 is 5.32 Å². The average molecular weight is 175 g/mol. The Morgan fingerprint density at radius 3 is 2.77 bits per heavy atom. The van der Waals surface area contributed by atoms with Gasteiger partial charge in [0.15, 0.2) is 0 Å². The Kier molecular flexibility index (Phi) is 2.65. The van der Waals surface area contributed by atoms with Gasteiger partial charge >= 0.3 is 0 Å². The molecule has 1 aliphatic rings. The van der Waals surface area contributed by atoms with Crippen molar-refractivity contribution >= 4 is 0 Å². The first kappa shape index (κ1) is 8.76. The van der Waals surface area contributed by atoms with Gasteiger partial charge in [-0.3, -0.25) is 0 Å². The number of benzene rings is 1. The highest BCUT2D eigenvalue weighted by Gasteiger charge is 2.13. The molecule has 1 unspecified atom stereocenters. The van der Waals surface area contributed by atoms with Gasteiger partial charge in [0.25, 0.3) is 0 Å². The summed E-state index contributed by atoms with van der Waals surface area (Å²) < 4.78 is 0. The second-order valence-corrected chi connectivity index (χ2v) is 3.85. The predicted octanol–water partition coefficient (Wildman–Crippen LogP) is 2.15. The quantitative estimate of drug-likeness (QED) is 0.645. The first-order valence-corrected chi connectivity index (χ1v) is 5.14. The second kappa shape index (κ2) is 3.93. The molecule has 13 heavy (non-hydrogen) atoms. The lowest BCUT2D eigenvalue weighted by Crippen LogP contribution is -2.26. The zero-order valence-electron chi connectivity index (χ0n) is 8.22. The Bertz CT molecular complexity index is 280. The van der Waals surface area contributed by atoms with Crippen molar-refractivity contribution in [2.24, 2.45) is 0 Å². The molecule has 0 amide bonds. The molecular formula is C12H17N. The van der Waals surface area contributed by atoms with Gasteiger partial charge in [-0.05, 0) is 43.9 Å². The van der Waals surface area contributed by atoms with E-state index in [2.05, 4.69) is 36.6 Å². The number of rotatable bonds is 1. The minimum absolute atomic E-state index is 0.684. The van der Waals surface area contributed by atoms with Gasteiger partial charge in [0.05, 0.1) is 0 Å². The van der Waals surface area contributed by atoms with Crippen LogP contribution in [-0.2, 0) is 12.8 Å². The summed E-state index contributed by atoms with van der Waals surface area (Å²) in [5.74, 6) is 0. The fourth-order valence-corrected chi connectivity index (χ4v) is 2.15. The Morgan fingerprint density at radius 1 is 1.23 bits per heavy atom. The van der Waals surface area contributed by atoms with Gasteiger partial charge in [0.2, 0.25) is 0 Å². The molecule has 1 aliphatic carbocycles. The molecule has 1 heteroatoms. The van der Waals surface area contributed by atoms with Gasteiger partial charge in [-0.15, -0.1) is 0 Å². The summed E-state index contributed by atoms with van der Waals surface area (Å²) in [7, 11) is 2.07. The van der Waals surface area contributed by atoms with E-state index in [0.717, 1.165) is 0 Å². The molecular weight excluding hydrogens is 158 g/mol. The predicted molar refractivity (Wildman–Crippen MR) is 55.9 cm³/mol. The summed E-state index contributed by atoms with van der Waals surface area (Å²) in [4.78, 5) is 0. The molecule has 1 N–H and O–H groups in total. The highest BCUT2D eigenvalue weighted by atomic mass is 14.9. The lowest BCUT2D eigenvalue weighted by Gasteiger charge is -2.12. The first-order chi connectivity index (χ1) is 6.40. The van der Waals surface area contributed by atoms with Crippen LogP contribution in [0.15, 0.2) is 24.3 Å². The third-order valence-electron chi connectivity index (χ3n) is 2.99. The fraction of sp³-hybridized carbons (Fsp3) is 0.500. The van der Waals surface area contributed by atoms with Gasteiger partial charge in [-0.25, -0.2) is 0 Å². The highest BCUT2D eigenvalue weighted by Crippen LogP contribution is 2.20. The van der Waals surface area contributed by atoms with E-state index in [-0.39, 0.29) is 0 Å². The van der Waals surface area contributed by atoms with Crippen molar-refractivity contribution in [1.82, 2.24) is 5.32 Å². The van der Waals surface area contributed by atoms with Crippen LogP contribution in [0.5, 0.6) is 0 Å². The van der Waals surface area contributed by atoms with Crippen LogP contribution in [0, 0.1) is 0 Å². The van der Waals surface area contributed by atoms with E-state index in [1.165, 1.54) is 25.7 Å². The maximum absolute atomic E-state index is 3.38. The number of hydrogen-bond donors (Lipinski definition) is 1. The van der Waals surface area contributed by atoms with Gasteiger partial charge in [-0.1, -0.05) is 24.3 Å². The fourth-order valence-electron chi connectivity index (χ4n) is 2.15. The standard InChI is InChI=1S/C12H17N/c1-13-12-8-4-7-10-5-2-3-6-11(10)9-12/h2-3,5-6,12-13H,4,7-9H2,1H3. The number of hydrogen-bond acceptors (Lipinski definition) is 1. The van der Waals surface area contributed by atoms with Crippen molar-refractivity contribution in [3.8, 4) is 0 Å². The molecule has 1 nitrogen and oxygen atoms in total. The van der Waals surface area contributed by atoms with Crippen molar-refractivity contribution < 1.29 is 0 Å². The van der Waals surface area contributed by atoms with E-state index in [9.17, 15) is 0 Å². The number of fused-ring (bicyclic) bond motifs is 1. The van der Waals surface area contributed by atoms with Crippen LogP contribution in [0.2, 0.25) is 0 Å². The number of nitrogens with one attached hydrogen (secondary N) is 1. The minimum Gasteiger partial charge on any atom is -0.317 e. The number of aryl methyl sites for hydroxylation is 1. The molecule has 2 rings (SSSR count). The molecule has 0 saturated carbocycles. The Balaban J connectivity index is 2.23. The van der Waals surface area contributed by atoms with Crippen LogP contribution in [0.3, 0.4) is 0 Å². The van der Waals surface area contributed by atoms with Crippen LogP contribution in [0.4, 0.5) is 0 Å². The molecule has 1 aromatic carbocycles. The van der Waals surface area contributed by atoms with E-state index < -0.39 is 0 Å². The molecule has 0 aromatic heterocycles. The van der Waals surface area contributed by atoms with E-state index in [1.807, 2.05) is 0 Å². The minimum atomic E-state index is 0.684. The molecule has 0 radical (unpaired) electrons. The largest absolute Gasteiger partial charge is 0.317 e. The zero-order chi connectivity index (χ0) is 9.10. The van der Waals surface area contributed by atoms with Crippen molar-refractivity contribution in [3.05, 3.63) is 35.4 Å². The summed E-state index contributed by atoms with van der Waals surface area (Å²) in [5.41, 5.74) is 3.10. The zero-order valence-corrected chi connectivity index (χ0v) is 8.22. The van der Waals surface area contributed by atoms with E-state index >= 15 is 0 Å². The van der Waals surface area contributed by atoms with E-state index in [0.29, 0.717) is 6.04 Å². The first-order valence-electron chi connectivity index (χ1n) is 5.14. The Labute approximate surface area is 80.2 Å². The Hall–Kier alpha value is -0.820. The monoisotopic (exact) mass is 175 g/mol. The van der Waals surface area contributed by atoms with Crippen molar-refractivity contribution in [3.63, 3.8) is 0 Å². The summed E-state index contributed by atoms with van der Waals surface area (Å²) in [6.07, 6.45) is 5.09. The smallest absolute Gasteiger partial charge is 0.0105 e. The number of likely N-dealkylation sites (N-methyl/N-ethyl adjacent to an activating group) is 1. The molecule has 0 aliphatic heterocycles. The molecule has 0 heterocycles. The average Bonchev–Trinajstić information content (AvgIpc) is 2.38. The van der Waals surface area contributed by atoms with Gasteiger partial charge < -0.3 is 5.32 Å². The van der Waals surface area contributed by atoms with Gasteiger partial charge in [-0.2, -0.15) is 0 Å². The lowest BCUT2D eigenvalue weighted by atomic mass is 10.0. The van der Waals surface area contributed by atoms with Gasteiger partial charge in [0.1, 0.15) is 0 Å². The maximum atomic E-state index is 3.38. The van der Waals surface area contributed by atoms with Crippen LogP contribution in [0.1, 0.15) is 24.0 Å². The topological polar surface area (TPSA) is 12.0 Å². The summed E-state index contributed by atoms with van der Waals surface area (Å²) in [5, 5.41) is 3.38. The van der Waals surface area contributed by atoms with E-state index in [1.54, 1.807) is 11.1 Å². The van der Waals surface area contributed by atoms with Gasteiger partial charge in [0, 0.05) is 6.04 Å². The maximum Gasteiger partial charge on any atom is 0.0105 e. The van der Waals surface area contributed by atoms with Crippen molar-refractivity contribution in [2.45, 2.75) is 31.7 Å². The summed E-state index contributed by atoms with van der Waals surface area (Å²) >= 11 is 0. The van der Waals surface area contributed by atoms with Crippen LogP contribution in [-0.4, -0.2) is 13.1 Å². The molecule has 0 fully saturated rings. The highest BCUT2D eigenvalue weighted by molar-refractivity contribution is 5.29. The third kappa shape index (κ3) is 1.92. The molecule has 0 saturated heterocycles. The SMILES string of the molecule is CNC1CCCc2ccccc2C1. The second-order valence-electron chi connectivity index (χ2n) is 3.85. The Morgan fingerprint density at radius 2 is 2.00 bits per heavy atom. The molecule has 70 valence electrons. The molecule has 0 bridgehead atoms. The molecule has 1 aromatic rings. The summed E-state index contributed by atoms with van der Waals surface area (Å²) in [6, 6.07) is 9.52. The van der Waals surface area contributed by atoms with Crippen molar-refractivity contribution in [1.29, 1.82) is 0 Å². The van der Waals surface area contributed by atoms with Crippen molar-refractivity contribution in [2.75, 3.05) is 7.05 Å². The molecule has 1 atom stereocenters. The molecule has 0 spiro atoms. The van der Waals surface area contributed by atoms with Crippen LogP contribution in [0.25, 0.3) is 0 Å². The third-order valence-corrected chi connectivity index (χ3v) is 2.99. The lowest BCUT2D eigenvalue weighted by molar-refractivity contribution is 0.517. The van der Waals surface area contributed by atoms with E-state index in [4.69, 9.17) is 0 Å². The normalized spacial score (nSPS) is 22.1. The summed E-state index contributed by atoms with van der Waals surface area (Å²) in [6.45, 7) is 0. The van der Waals surface area contributed by atoms with Crippen LogP contribution >= 0.6 is 0 Å².